The van der Waals surface area contributed by atoms with Crippen LogP contribution in [-0.2, 0) is 9.59 Å². The fourth-order valence-electron chi connectivity index (χ4n) is 1.82. The number of aromatic nitrogens is 1. The lowest BCUT2D eigenvalue weighted by Crippen LogP contribution is -2.41. The van der Waals surface area contributed by atoms with E-state index in [1.165, 1.54) is 23.1 Å². The minimum atomic E-state index is -0.991. The van der Waals surface area contributed by atoms with Crippen LogP contribution in [0.1, 0.15) is 19.8 Å². The van der Waals surface area contributed by atoms with Gasteiger partial charge in [-0.3, -0.25) is 4.79 Å². The van der Waals surface area contributed by atoms with Crippen molar-refractivity contribution in [2.75, 3.05) is 5.75 Å². The largest absolute Gasteiger partial charge is 0.480 e. The van der Waals surface area contributed by atoms with Crippen molar-refractivity contribution in [3.05, 3.63) is 24.3 Å². The second kappa shape index (κ2) is 7.42. The second-order valence-corrected chi connectivity index (χ2v) is 6.74. The first-order chi connectivity index (χ1) is 10.1. The smallest absolute Gasteiger partial charge is 0.326 e. The van der Waals surface area contributed by atoms with Gasteiger partial charge in [-0.2, -0.15) is 0 Å². The Kier molecular flexibility index (Phi) is 5.58. The highest BCUT2D eigenvalue weighted by atomic mass is 32.2. The van der Waals surface area contributed by atoms with Crippen molar-refractivity contribution in [1.29, 1.82) is 0 Å². The molecule has 1 aromatic carbocycles. The summed E-state index contributed by atoms with van der Waals surface area (Å²) in [6.45, 7) is 1.89. The number of fused-ring (bicyclic) bond motifs is 1. The number of thioether (sulfide) groups is 1. The van der Waals surface area contributed by atoms with Crippen molar-refractivity contribution in [1.82, 2.24) is 10.3 Å². The Morgan fingerprint density at radius 1 is 1.43 bits per heavy atom. The molecule has 0 saturated heterocycles. The Morgan fingerprint density at radius 2 is 2.19 bits per heavy atom. The molecule has 1 atom stereocenters. The van der Waals surface area contributed by atoms with Gasteiger partial charge in [-0.1, -0.05) is 37.2 Å². The number of carbonyl (C=O) groups excluding carboxylic acids is 1. The Morgan fingerprint density at radius 3 is 2.86 bits per heavy atom. The minimum Gasteiger partial charge on any atom is -0.480 e. The Hall–Kier alpha value is -1.60. The Bertz CT molecular complexity index is 609. The highest BCUT2D eigenvalue weighted by molar-refractivity contribution is 8.01. The van der Waals surface area contributed by atoms with Crippen molar-refractivity contribution in [2.24, 2.45) is 0 Å². The number of hydrogen-bond donors (Lipinski definition) is 2. The van der Waals surface area contributed by atoms with Crippen LogP contribution >= 0.6 is 23.1 Å². The van der Waals surface area contributed by atoms with Gasteiger partial charge in [0.15, 0.2) is 4.34 Å². The molecule has 0 spiro atoms. The highest BCUT2D eigenvalue weighted by Crippen LogP contribution is 2.29. The van der Waals surface area contributed by atoms with Gasteiger partial charge in [0.2, 0.25) is 5.91 Å². The summed E-state index contributed by atoms with van der Waals surface area (Å²) in [7, 11) is 0. The number of carboxylic acid groups (broad SMARTS) is 1. The molecule has 0 aliphatic rings. The lowest BCUT2D eigenvalue weighted by atomic mass is 10.2. The molecule has 1 amide bonds. The zero-order valence-electron chi connectivity index (χ0n) is 11.5. The number of carbonyl (C=O) groups is 2. The van der Waals surface area contributed by atoms with Crippen LogP contribution in [0.25, 0.3) is 10.2 Å². The summed E-state index contributed by atoms with van der Waals surface area (Å²) >= 11 is 2.86. The highest BCUT2D eigenvalue weighted by Gasteiger charge is 2.19. The van der Waals surface area contributed by atoms with Crippen LogP contribution in [0, 0.1) is 0 Å². The van der Waals surface area contributed by atoms with E-state index in [0.29, 0.717) is 12.8 Å². The van der Waals surface area contributed by atoms with E-state index in [1.807, 2.05) is 31.2 Å². The third-order valence-corrected chi connectivity index (χ3v) is 4.99. The SMILES string of the molecule is CCC[C@@H](NC(=O)CSc1nc2ccccc2s1)C(=O)O. The van der Waals surface area contributed by atoms with Crippen LogP contribution in [0.15, 0.2) is 28.6 Å². The fraction of sp³-hybridized carbons (Fsp3) is 0.357. The molecule has 2 rings (SSSR count). The first-order valence-corrected chi connectivity index (χ1v) is 8.41. The maximum atomic E-state index is 11.8. The number of nitrogens with zero attached hydrogens (tertiary/aromatic N) is 1. The van der Waals surface area contributed by atoms with Crippen molar-refractivity contribution in [3.8, 4) is 0 Å². The number of hydrogen-bond acceptors (Lipinski definition) is 5. The van der Waals surface area contributed by atoms with E-state index in [9.17, 15) is 9.59 Å². The Balaban J connectivity index is 1.89. The summed E-state index contributed by atoms with van der Waals surface area (Å²) in [5.74, 6) is -1.09. The van der Waals surface area contributed by atoms with Crippen LogP contribution in [0.2, 0.25) is 0 Å². The summed E-state index contributed by atoms with van der Waals surface area (Å²) in [6, 6.07) is 6.98. The zero-order chi connectivity index (χ0) is 15.2. The standard InChI is InChI=1S/C14H16N2O3S2/c1-2-5-10(13(18)19)15-12(17)8-20-14-16-9-6-3-4-7-11(9)21-14/h3-4,6-7,10H,2,5,8H2,1H3,(H,15,17)(H,18,19)/t10-/m1/s1. The number of thiazole rings is 1. The van der Waals surface area contributed by atoms with Gasteiger partial charge in [0.25, 0.3) is 0 Å². The zero-order valence-corrected chi connectivity index (χ0v) is 13.2. The molecule has 0 unspecified atom stereocenters. The quantitative estimate of drug-likeness (QED) is 0.766. The molecule has 112 valence electrons. The first kappa shape index (κ1) is 15.8. The van der Waals surface area contributed by atoms with Gasteiger partial charge in [-0.05, 0) is 18.6 Å². The molecule has 5 nitrogen and oxygen atoms in total. The van der Waals surface area contributed by atoms with Crippen LogP contribution in [0.5, 0.6) is 0 Å². The molecule has 1 heterocycles. The molecule has 21 heavy (non-hydrogen) atoms. The van der Waals surface area contributed by atoms with Gasteiger partial charge in [-0.15, -0.1) is 11.3 Å². The van der Waals surface area contributed by atoms with E-state index < -0.39 is 12.0 Å². The monoisotopic (exact) mass is 324 g/mol. The number of benzene rings is 1. The van der Waals surface area contributed by atoms with Gasteiger partial charge < -0.3 is 10.4 Å². The van der Waals surface area contributed by atoms with Gasteiger partial charge in [-0.25, -0.2) is 9.78 Å². The third-order valence-electron chi connectivity index (χ3n) is 2.81. The van der Waals surface area contributed by atoms with Gasteiger partial charge in [0.05, 0.1) is 16.0 Å². The van der Waals surface area contributed by atoms with Gasteiger partial charge >= 0.3 is 5.97 Å². The maximum absolute atomic E-state index is 11.8. The van der Waals surface area contributed by atoms with Crippen LogP contribution in [0.4, 0.5) is 0 Å². The van der Waals surface area contributed by atoms with E-state index >= 15 is 0 Å². The summed E-state index contributed by atoms with van der Waals surface area (Å²) in [4.78, 5) is 27.2. The van der Waals surface area contributed by atoms with Crippen LogP contribution in [0.3, 0.4) is 0 Å². The summed E-state index contributed by atoms with van der Waals surface area (Å²) < 4.78 is 1.89. The average molecular weight is 324 g/mol. The van der Waals surface area contributed by atoms with E-state index in [1.54, 1.807) is 0 Å². The minimum absolute atomic E-state index is 0.174. The van der Waals surface area contributed by atoms with E-state index in [-0.39, 0.29) is 11.7 Å². The number of amides is 1. The molecule has 7 heteroatoms. The number of nitrogens with one attached hydrogen (secondary N) is 1. The van der Waals surface area contributed by atoms with Crippen LogP contribution < -0.4 is 5.32 Å². The fourth-order valence-corrected chi connectivity index (χ4v) is 3.70. The van der Waals surface area contributed by atoms with Crippen molar-refractivity contribution < 1.29 is 14.7 Å². The Labute approximate surface area is 130 Å². The first-order valence-electron chi connectivity index (χ1n) is 6.60. The molecular formula is C14H16N2O3S2. The predicted molar refractivity (Wildman–Crippen MR) is 84.8 cm³/mol. The molecule has 1 aromatic heterocycles. The predicted octanol–water partition coefficient (Wildman–Crippen LogP) is 2.76. The average Bonchev–Trinajstić information content (AvgIpc) is 2.87. The van der Waals surface area contributed by atoms with Crippen molar-refractivity contribution >= 4 is 45.2 Å². The number of rotatable bonds is 7. The summed E-state index contributed by atoms with van der Waals surface area (Å²) in [5, 5.41) is 11.5. The molecule has 0 fully saturated rings. The van der Waals surface area contributed by atoms with E-state index in [2.05, 4.69) is 10.3 Å². The summed E-state index contributed by atoms with van der Waals surface area (Å²) in [5.41, 5.74) is 0.916. The number of para-hydroxylation sites is 1. The van der Waals surface area contributed by atoms with Crippen LogP contribution in [-0.4, -0.2) is 33.8 Å². The normalized spacial score (nSPS) is 12.2. The molecular weight excluding hydrogens is 308 g/mol. The molecule has 0 aliphatic carbocycles. The molecule has 0 saturated carbocycles. The third kappa shape index (κ3) is 4.44. The molecule has 2 N–H and O–H groups in total. The van der Waals surface area contributed by atoms with E-state index in [4.69, 9.17) is 5.11 Å². The van der Waals surface area contributed by atoms with Gasteiger partial charge in [0.1, 0.15) is 6.04 Å². The lowest BCUT2D eigenvalue weighted by Gasteiger charge is -2.12. The molecule has 0 radical (unpaired) electrons. The van der Waals surface area contributed by atoms with Crippen molar-refractivity contribution in [2.45, 2.75) is 30.1 Å². The second-order valence-electron chi connectivity index (χ2n) is 4.48. The van der Waals surface area contributed by atoms with Gasteiger partial charge in [0, 0.05) is 0 Å². The number of aliphatic carboxylic acids is 1. The lowest BCUT2D eigenvalue weighted by molar-refractivity contribution is -0.141. The number of carboxylic acids is 1. The van der Waals surface area contributed by atoms with Crippen molar-refractivity contribution in [3.63, 3.8) is 0 Å². The molecule has 0 aliphatic heterocycles. The molecule has 0 bridgehead atoms. The summed E-state index contributed by atoms with van der Waals surface area (Å²) in [6.07, 6.45) is 1.15. The topological polar surface area (TPSA) is 79.3 Å². The van der Waals surface area contributed by atoms with E-state index in [0.717, 1.165) is 14.6 Å². The molecule has 2 aromatic rings. The maximum Gasteiger partial charge on any atom is 0.326 e.